The van der Waals surface area contributed by atoms with Crippen molar-refractivity contribution in [2.24, 2.45) is 5.73 Å². The van der Waals surface area contributed by atoms with Crippen LogP contribution in [0.25, 0.3) is 6.08 Å². The fourth-order valence-electron chi connectivity index (χ4n) is 1.58. The summed E-state index contributed by atoms with van der Waals surface area (Å²) < 4.78 is 0. The van der Waals surface area contributed by atoms with Gasteiger partial charge in [-0.2, -0.15) is 0 Å². The molecule has 1 aliphatic rings. The van der Waals surface area contributed by atoms with Crippen LogP contribution in [0.4, 0.5) is 4.79 Å². The van der Waals surface area contributed by atoms with Crippen LogP contribution in [0.1, 0.15) is 5.56 Å². The molecule has 0 spiro atoms. The zero-order valence-corrected chi connectivity index (χ0v) is 12.1. The Kier molecular flexibility index (Phi) is 4.52. The quantitative estimate of drug-likeness (QED) is 0.871. The molecule has 1 aromatic rings. The minimum absolute atomic E-state index is 0.219. The molecule has 1 heterocycles. The number of carbonyl (C=O) groups excluding carboxylic acids is 2. The van der Waals surface area contributed by atoms with Gasteiger partial charge in [-0.3, -0.25) is 14.5 Å². The molecule has 7 heteroatoms. The van der Waals surface area contributed by atoms with E-state index in [2.05, 4.69) is 0 Å². The fraction of sp³-hybridized carbons (Fsp3) is 0.167. The molecular weight excluding hydrogens is 307 g/mol. The molecule has 19 heavy (non-hydrogen) atoms. The standard InChI is InChI=1S/C12H10Cl2N2O2S/c13-8-2-1-7(9(14)6-8)5-10-11(17)16(4-3-15)12(18)19-10/h1-2,5-6H,3-4,15H2/b10-5-. The first-order chi connectivity index (χ1) is 9.02. The molecule has 4 nitrogen and oxygen atoms in total. The maximum Gasteiger partial charge on any atom is 0.293 e. The highest BCUT2D eigenvalue weighted by molar-refractivity contribution is 8.18. The third-order valence-electron chi connectivity index (χ3n) is 2.48. The average molecular weight is 317 g/mol. The van der Waals surface area contributed by atoms with E-state index in [0.29, 0.717) is 20.5 Å². The summed E-state index contributed by atoms with van der Waals surface area (Å²) in [5.74, 6) is -0.341. The Hall–Kier alpha value is -1.01. The number of hydrogen-bond donors (Lipinski definition) is 1. The third-order valence-corrected chi connectivity index (χ3v) is 3.95. The van der Waals surface area contributed by atoms with Gasteiger partial charge in [-0.05, 0) is 35.5 Å². The van der Waals surface area contributed by atoms with Crippen LogP contribution in [0.15, 0.2) is 23.1 Å². The second kappa shape index (κ2) is 5.96. The first-order valence-corrected chi connectivity index (χ1v) is 7.00. The predicted molar refractivity (Wildman–Crippen MR) is 78.2 cm³/mol. The molecule has 1 fully saturated rings. The van der Waals surface area contributed by atoms with Crippen LogP contribution in [0.3, 0.4) is 0 Å². The summed E-state index contributed by atoms with van der Waals surface area (Å²) in [4.78, 5) is 25.1. The van der Waals surface area contributed by atoms with Gasteiger partial charge in [0, 0.05) is 23.1 Å². The molecule has 1 saturated heterocycles. The SMILES string of the molecule is NCCN1C(=O)S/C(=C\c2ccc(Cl)cc2Cl)C1=O. The van der Waals surface area contributed by atoms with Gasteiger partial charge in [0.1, 0.15) is 0 Å². The van der Waals surface area contributed by atoms with Gasteiger partial charge < -0.3 is 5.73 Å². The minimum Gasteiger partial charge on any atom is -0.329 e. The molecular formula is C12H10Cl2N2O2S. The van der Waals surface area contributed by atoms with Crippen LogP contribution >= 0.6 is 35.0 Å². The summed E-state index contributed by atoms with van der Waals surface area (Å²) in [6, 6.07) is 4.95. The number of benzene rings is 1. The summed E-state index contributed by atoms with van der Waals surface area (Å²) >= 11 is 12.7. The third kappa shape index (κ3) is 3.12. The maximum atomic E-state index is 12.0. The number of hydrogen-bond acceptors (Lipinski definition) is 4. The van der Waals surface area contributed by atoms with Crippen molar-refractivity contribution in [3.05, 3.63) is 38.7 Å². The first kappa shape index (κ1) is 14.4. The highest BCUT2D eigenvalue weighted by Gasteiger charge is 2.34. The van der Waals surface area contributed by atoms with Gasteiger partial charge in [-0.1, -0.05) is 29.3 Å². The number of rotatable bonds is 3. The van der Waals surface area contributed by atoms with Crippen LogP contribution in [0.5, 0.6) is 0 Å². The molecule has 1 aromatic carbocycles. The van der Waals surface area contributed by atoms with Gasteiger partial charge in [-0.25, -0.2) is 0 Å². The second-order valence-corrected chi connectivity index (χ2v) is 5.62. The Labute approximate surface area is 124 Å². The lowest BCUT2D eigenvalue weighted by molar-refractivity contribution is -0.122. The van der Waals surface area contributed by atoms with Crippen molar-refractivity contribution in [2.75, 3.05) is 13.1 Å². The van der Waals surface area contributed by atoms with Gasteiger partial charge in [0.05, 0.1) is 4.91 Å². The Morgan fingerprint density at radius 2 is 2.05 bits per heavy atom. The zero-order chi connectivity index (χ0) is 14.0. The van der Waals surface area contributed by atoms with E-state index in [1.807, 2.05) is 0 Å². The summed E-state index contributed by atoms with van der Waals surface area (Å²) in [6.07, 6.45) is 1.58. The van der Waals surface area contributed by atoms with E-state index in [1.165, 1.54) is 0 Å². The average Bonchev–Trinajstić information content (AvgIpc) is 2.61. The van der Waals surface area contributed by atoms with Crippen molar-refractivity contribution in [3.63, 3.8) is 0 Å². The van der Waals surface area contributed by atoms with Crippen LogP contribution in [-0.2, 0) is 4.79 Å². The van der Waals surface area contributed by atoms with Crippen molar-refractivity contribution >= 4 is 52.2 Å². The molecule has 2 N–H and O–H groups in total. The molecule has 2 amide bonds. The van der Waals surface area contributed by atoms with Crippen LogP contribution in [-0.4, -0.2) is 29.1 Å². The molecule has 0 aromatic heterocycles. The van der Waals surface area contributed by atoms with E-state index in [9.17, 15) is 9.59 Å². The molecule has 1 aliphatic heterocycles. The highest BCUT2D eigenvalue weighted by Crippen LogP contribution is 2.33. The maximum absolute atomic E-state index is 12.0. The molecule has 0 unspecified atom stereocenters. The second-order valence-electron chi connectivity index (χ2n) is 3.79. The van der Waals surface area contributed by atoms with Gasteiger partial charge in [0.15, 0.2) is 0 Å². The van der Waals surface area contributed by atoms with Crippen molar-refractivity contribution in [3.8, 4) is 0 Å². The molecule has 2 rings (SSSR count). The van der Waals surface area contributed by atoms with Gasteiger partial charge in [0.25, 0.3) is 11.1 Å². The van der Waals surface area contributed by atoms with Crippen LogP contribution < -0.4 is 5.73 Å². The summed E-state index contributed by atoms with van der Waals surface area (Å²) in [5.41, 5.74) is 6.00. The van der Waals surface area contributed by atoms with Crippen LogP contribution in [0.2, 0.25) is 10.0 Å². The normalized spacial score (nSPS) is 17.6. The van der Waals surface area contributed by atoms with Crippen molar-refractivity contribution in [2.45, 2.75) is 0 Å². The monoisotopic (exact) mass is 316 g/mol. The topological polar surface area (TPSA) is 63.4 Å². The van der Waals surface area contributed by atoms with E-state index in [-0.39, 0.29) is 24.2 Å². The lowest BCUT2D eigenvalue weighted by Gasteiger charge is -2.09. The summed E-state index contributed by atoms with van der Waals surface area (Å²) in [6.45, 7) is 0.462. The highest BCUT2D eigenvalue weighted by atomic mass is 35.5. The van der Waals surface area contributed by atoms with Crippen molar-refractivity contribution in [1.29, 1.82) is 0 Å². The summed E-state index contributed by atoms with van der Waals surface area (Å²) in [7, 11) is 0. The molecule has 0 saturated carbocycles. The van der Waals surface area contributed by atoms with Crippen molar-refractivity contribution in [1.82, 2.24) is 4.90 Å². The number of thioether (sulfide) groups is 1. The number of carbonyl (C=O) groups is 2. The molecule has 0 aliphatic carbocycles. The lowest BCUT2D eigenvalue weighted by atomic mass is 10.2. The number of nitrogens with two attached hydrogens (primary N) is 1. The van der Waals surface area contributed by atoms with Crippen LogP contribution in [0, 0.1) is 0 Å². The van der Waals surface area contributed by atoms with Gasteiger partial charge in [0.2, 0.25) is 0 Å². The smallest absolute Gasteiger partial charge is 0.293 e. The number of halogens is 2. The van der Waals surface area contributed by atoms with E-state index < -0.39 is 0 Å². The Balaban J connectivity index is 2.30. The van der Waals surface area contributed by atoms with E-state index in [1.54, 1.807) is 24.3 Å². The largest absolute Gasteiger partial charge is 0.329 e. The Morgan fingerprint density at radius 3 is 2.68 bits per heavy atom. The molecule has 0 radical (unpaired) electrons. The number of amides is 2. The Morgan fingerprint density at radius 1 is 1.32 bits per heavy atom. The van der Waals surface area contributed by atoms with E-state index in [4.69, 9.17) is 28.9 Å². The fourth-order valence-corrected chi connectivity index (χ4v) is 2.90. The van der Waals surface area contributed by atoms with Crippen molar-refractivity contribution < 1.29 is 9.59 Å². The van der Waals surface area contributed by atoms with E-state index >= 15 is 0 Å². The predicted octanol–water partition coefficient (Wildman–Crippen LogP) is 2.99. The van der Waals surface area contributed by atoms with Gasteiger partial charge in [-0.15, -0.1) is 0 Å². The lowest BCUT2D eigenvalue weighted by Crippen LogP contribution is -2.33. The minimum atomic E-state index is -0.341. The molecule has 100 valence electrons. The Bertz CT molecular complexity index is 575. The number of imide groups is 1. The van der Waals surface area contributed by atoms with E-state index in [0.717, 1.165) is 16.7 Å². The molecule has 0 atom stereocenters. The first-order valence-electron chi connectivity index (χ1n) is 5.43. The molecule has 0 bridgehead atoms. The summed E-state index contributed by atoms with van der Waals surface area (Å²) in [5, 5.41) is 0.628. The zero-order valence-electron chi connectivity index (χ0n) is 9.73. The van der Waals surface area contributed by atoms with Gasteiger partial charge >= 0.3 is 0 Å². The number of nitrogens with zero attached hydrogens (tertiary/aromatic N) is 1.